The first-order valence-corrected chi connectivity index (χ1v) is 2.88. The molecule has 0 aromatic carbocycles. The van der Waals surface area contributed by atoms with Crippen LogP contribution in [0, 0.1) is 0 Å². The van der Waals surface area contributed by atoms with Crippen LogP contribution in [0.25, 0.3) is 0 Å². The molecule has 0 fully saturated rings. The number of alkyl halides is 3. The van der Waals surface area contributed by atoms with Crippen molar-refractivity contribution in [3.63, 3.8) is 0 Å². The van der Waals surface area contributed by atoms with Gasteiger partial charge in [-0.05, 0) is 0 Å². The number of Topliss-reactive ketones (excluding diaryl/α,β-unsaturated/α-hetero) is 1. The molecular weight excluding hydrogens is 193 g/mol. The minimum Gasteiger partial charge on any atom is -0.515 e. The lowest BCUT2D eigenvalue weighted by molar-refractivity contribution is -0.168. The molecule has 0 heterocycles. The molecule has 0 rings (SSSR count). The van der Waals surface area contributed by atoms with Crippen molar-refractivity contribution < 1.29 is 32.6 Å². The molecule has 0 aromatic rings. The molecular formula is C6H5F3O4. The molecule has 0 saturated carbocycles. The second-order valence-electron chi connectivity index (χ2n) is 1.86. The van der Waals surface area contributed by atoms with E-state index < -0.39 is 23.5 Å². The van der Waals surface area contributed by atoms with Gasteiger partial charge in [-0.3, -0.25) is 4.79 Å². The van der Waals surface area contributed by atoms with E-state index in [9.17, 15) is 22.8 Å². The monoisotopic (exact) mass is 198 g/mol. The fourth-order valence-corrected chi connectivity index (χ4v) is 0.467. The van der Waals surface area contributed by atoms with E-state index in [0.717, 1.165) is 7.11 Å². The van der Waals surface area contributed by atoms with Crippen molar-refractivity contribution in [2.24, 2.45) is 0 Å². The SMILES string of the molecule is COC(=O)/C(=C\O)C(=O)C(F)(F)F. The summed E-state index contributed by atoms with van der Waals surface area (Å²) in [5.74, 6) is -3.98. The molecule has 0 radical (unpaired) electrons. The largest absolute Gasteiger partial charge is 0.515 e. The van der Waals surface area contributed by atoms with E-state index in [1.54, 1.807) is 0 Å². The van der Waals surface area contributed by atoms with E-state index in [2.05, 4.69) is 4.74 Å². The molecule has 0 aliphatic carbocycles. The zero-order valence-electron chi connectivity index (χ0n) is 6.38. The highest BCUT2D eigenvalue weighted by atomic mass is 19.4. The van der Waals surface area contributed by atoms with Crippen molar-refractivity contribution in [1.29, 1.82) is 0 Å². The summed E-state index contributed by atoms with van der Waals surface area (Å²) in [5.41, 5.74) is -1.45. The molecule has 0 aliphatic heterocycles. The standard InChI is InChI=1S/C6H5F3O4/c1-13-5(12)3(2-10)4(11)6(7,8)9/h2,10H,1H3/b3-2-. The van der Waals surface area contributed by atoms with Crippen LogP contribution in [-0.4, -0.2) is 30.1 Å². The lowest BCUT2D eigenvalue weighted by Crippen LogP contribution is -2.28. The van der Waals surface area contributed by atoms with Gasteiger partial charge in [-0.25, -0.2) is 4.79 Å². The van der Waals surface area contributed by atoms with E-state index in [1.807, 2.05) is 0 Å². The maximum atomic E-state index is 11.7. The van der Waals surface area contributed by atoms with Crippen LogP contribution in [0.2, 0.25) is 0 Å². The van der Waals surface area contributed by atoms with E-state index in [-0.39, 0.29) is 6.26 Å². The third kappa shape index (κ3) is 2.77. The number of ketones is 1. The van der Waals surface area contributed by atoms with Gasteiger partial charge >= 0.3 is 12.1 Å². The Balaban J connectivity index is 4.84. The summed E-state index contributed by atoms with van der Waals surface area (Å²) in [5, 5.41) is 8.18. The van der Waals surface area contributed by atoms with E-state index in [1.165, 1.54) is 0 Å². The van der Waals surface area contributed by atoms with Gasteiger partial charge in [-0.2, -0.15) is 13.2 Å². The zero-order chi connectivity index (χ0) is 10.6. The number of hydrogen-bond acceptors (Lipinski definition) is 4. The van der Waals surface area contributed by atoms with Gasteiger partial charge in [-0.1, -0.05) is 0 Å². The van der Waals surface area contributed by atoms with Gasteiger partial charge in [0.1, 0.15) is 5.57 Å². The molecule has 0 aromatic heterocycles. The van der Waals surface area contributed by atoms with Crippen molar-refractivity contribution >= 4 is 11.8 Å². The molecule has 0 aliphatic rings. The molecule has 0 amide bonds. The molecule has 4 nitrogen and oxygen atoms in total. The summed E-state index contributed by atoms with van der Waals surface area (Å²) >= 11 is 0. The number of methoxy groups -OCH3 is 1. The van der Waals surface area contributed by atoms with Crippen LogP contribution >= 0.6 is 0 Å². The summed E-state index contributed by atoms with van der Waals surface area (Å²) in [4.78, 5) is 20.8. The molecule has 7 heteroatoms. The highest BCUT2D eigenvalue weighted by molar-refractivity contribution is 6.19. The number of carbonyl (C=O) groups excluding carboxylic acids is 2. The van der Waals surface area contributed by atoms with Crippen molar-refractivity contribution in [2.45, 2.75) is 6.18 Å². The van der Waals surface area contributed by atoms with E-state index in [0.29, 0.717) is 0 Å². The molecule has 0 spiro atoms. The summed E-state index contributed by atoms with van der Waals surface area (Å²) in [7, 11) is 0.787. The lowest BCUT2D eigenvalue weighted by atomic mass is 10.2. The summed E-state index contributed by atoms with van der Waals surface area (Å²) in [6.45, 7) is 0. The minimum absolute atomic E-state index is 0.234. The smallest absolute Gasteiger partial charge is 0.455 e. The number of halogens is 3. The second-order valence-corrected chi connectivity index (χ2v) is 1.86. The zero-order valence-corrected chi connectivity index (χ0v) is 6.38. The Morgan fingerprint density at radius 1 is 1.38 bits per heavy atom. The number of ether oxygens (including phenoxy) is 1. The van der Waals surface area contributed by atoms with Gasteiger partial charge in [0.2, 0.25) is 0 Å². The Hall–Kier alpha value is -1.53. The quantitative estimate of drug-likeness (QED) is 0.233. The number of aliphatic hydroxyl groups excluding tert-OH is 1. The van der Waals surface area contributed by atoms with Gasteiger partial charge < -0.3 is 9.84 Å². The molecule has 0 saturated heterocycles. The average molecular weight is 198 g/mol. The Labute approximate surface area is 70.6 Å². The Kier molecular flexibility index (Phi) is 3.46. The van der Waals surface area contributed by atoms with Crippen molar-refractivity contribution in [1.82, 2.24) is 0 Å². The van der Waals surface area contributed by atoms with Crippen molar-refractivity contribution in [3.05, 3.63) is 11.8 Å². The predicted octanol–water partition coefficient (Wildman–Crippen LogP) is 0.733. The van der Waals surface area contributed by atoms with Crippen LogP contribution in [0.1, 0.15) is 0 Å². The van der Waals surface area contributed by atoms with Crippen LogP contribution in [0.3, 0.4) is 0 Å². The number of carbonyl (C=O) groups is 2. The molecule has 0 bridgehead atoms. The second kappa shape index (κ2) is 3.92. The normalized spacial score (nSPS) is 12.5. The third-order valence-electron chi connectivity index (χ3n) is 1.04. The van der Waals surface area contributed by atoms with Gasteiger partial charge in [0, 0.05) is 0 Å². The number of hydrogen-bond donors (Lipinski definition) is 1. The van der Waals surface area contributed by atoms with Crippen LogP contribution in [0.15, 0.2) is 11.8 Å². The molecule has 13 heavy (non-hydrogen) atoms. The first-order valence-electron chi connectivity index (χ1n) is 2.88. The Morgan fingerprint density at radius 2 is 1.85 bits per heavy atom. The molecule has 0 unspecified atom stereocenters. The Bertz CT molecular complexity index is 253. The van der Waals surface area contributed by atoms with Gasteiger partial charge in [0.25, 0.3) is 5.78 Å². The topological polar surface area (TPSA) is 63.6 Å². The maximum Gasteiger partial charge on any atom is 0.455 e. The highest BCUT2D eigenvalue weighted by Gasteiger charge is 2.43. The fourth-order valence-electron chi connectivity index (χ4n) is 0.467. The molecule has 0 atom stereocenters. The van der Waals surface area contributed by atoms with Crippen LogP contribution in [0.4, 0.5) is 13.2 Å². The highest BCUT2D eigenvalue weighted by Crippen LogP contribution is 2.20. The third-order valence-corrected chi connectivity index (χ3v) is 1.04. The van der Waals surface area contributed by atoms with E-state index in [4.69, 9.17) is 5.11 Å². The first-order chi connectivity index (χ1) is 5.84. The predicted molar refractivity (Wildman–Crippen MR) is 33.8 cm³/mol. The first kappa shape index (κ1) is 11.5. The van der Waals surface area contributed by atoms with Gasteiger partial charge in [-0.15, -0.1) is 0 Å². The molecule has 74 valence electrons. The number of rotatable bonds is 2. The molecule has 1 N–H and O–H groups in total. The van der Waals surface area contributed by atoms with E-state index >= 15 is 0 Å². The minimum atomic E-state index is -5.21. The van der Waals surface area contributed by atoms with Crippen LogP contribution in [-0.2, 0) is 14.3 Å². The van der Waals surface area contributed by atoms with Gasteiger partial charge in [0.05, 0.1) is 13.4 Å². The summed E-state index contributed by atoms with van der Waals surface area (Å²) in [6, 6.07) is 0. The van der Waals surface area contributed by atoms with Crippen LogP contribution in [0.5, 0.6) is 0 Å². The summed E-state index contributed by atoms with van der Waals surface area (Å²) < 4.78 is 38.9. The average Bonchev–Trinajstić information content (AvgIpc) is 2.03. The fraction of sp³-hybridized carbons (Fsp3) is 0.333. The van der Waals surface area contributed by atoms with Crippen molar-refractivity contribution in [3.8, 4) is 0 Å². The number of esters is 1. The summed E-state index contributed by atoms with van der Waals surface area (Å²) in [6.07, 6.45) is -5.44. The lowest BCUT2D eigenvalue weighted by Gasteiger charge is -2.05. The Morgan fingerprint density at radius 3 is 2.08 bits per heavy atom. The van der Waals surface area contributed by atoms with Crippen molar-refractivity contribution in [2.75, 3.05) is 7.11 Å². The van der Waals surface area contributed by atoms with Gasteiger partial charge in [0.15, 0.2) is 0 Å². The maximum absolute atomic E-state index is 11.7. The number of aliphatic hydroxyl groups is 1. The van der Waals surface area contributed by atoms with Crippen LogP contribution < -0.4 is 0 Å².